The molecule has 0 N–H and O–H groups in total. The van der Waals surface area contributed by atoms with Gasteiger partial charge in [-0.3, -0.25) is 4.79 Å². The third-order valence-electron chi connectivity index (χ3n) is 3.75. The van der Waals surface area contributed by atoms with Gasteiger partial charge in [0.25, 0.3) is 0 Å². The van der Waals surface area contributed by atoms with Gasteiger partial charge >= 0.3 is 5.97 Å². The van der Waals surface area contributed by atoms with Crippen LogP contribution in [0.4, 0.5) is 0 Å². The van der Waals surface area contributed by atoms with Gasteiger partial charge in [0.15, 0.2) is 0 Å². The fraction of sp³-hybridized carbons (Fsp3) is 0.471. The van der Waals surface area contributed by atoms with Crippen molar-refractivity contribution in [3.05, 3.63) is 42.0 Å². The molecule has 108 valence electrons. The Morgan fingerprint density at radius 3 is 2.55 bits per heavy atom. The van der Waals surface area contributed by atoms with Crippen LogP contribution in [-0.2, 0) is 14.3 Å². The van der Waals surface area contributed by atoms with Crippen LogP contribution in [0.1, 0.15) is 31.2 Å². The molecule has 0 aromatic heterocycles. The maximum atomic E-state index is 11.4. The van der Waals surface area contributed by atoms with Gasteiger partial charge in [0.1, 0.15) is 0 Å². The highest BCUT2D eigenvalue weighted by atomic mass is 16.5. The predicted octanol–water partition coefficient (Wildman–Crippen LogP) is 3.45. The lowest BCUT2D eigenvalue weighted by Crippen LogP contribution is -2.27. The topological polar surface area (TPSA) is 35.5 Å². The van der Waals surface area contributed by atoms with Crippen LogP contribution in [0.2, 0.25) is 0 Å². The summed E-state index contributed by atoms with van der Waals surface area (Å²) in [5.41, 5.74) is 1.19. The number of esters is 1. The van der Waals surface area contributed by atoms with Crippen LogP contribution in [-0.4, -0.2) is 25.8 Å². The first-order valence-corrected chi connectivity index (χ1v) is 7.20. The van der Waals surface area contributed by atoms with Gasteiger partial charge in [0.05, 0.1) is 25.7 Å². The zero-order valence-corrected chi connectivity index (χ0v) is 12.0. The summed E-state index contributed by atoms with van der Waals surface area (Å²) in [6.07, 6.45) is 8.02. The van der Waals surface area contributed by atoms with Gasteiger partial charge in [-0.2, -0.15) is 0 Å². The number of carbonyl (C=O) groups is 1. The first-order valence-electron chi connectivity index (χ1n) is 7.20. The van der Waals surface area contributed by atoms with Crippen LogP contribution < -0.4 is 0 Å². The van der Waals surface area contributed by atoms with Gasteiger partial charge in [-0.1, -0.05) is 42.5 Å². The van der Waals surface area contributed by atoms with Gasteiger partial charge in [0.2, 0.25) is 0 Å². The summed E-state index contributed by atoms with van der Waals surface area (Å²) >= 11 is 0. The van der Waals surface area contributed by atoms with Crippen LogP contribution in [0.25, 0.3) is 6.08 Å². The minimum absolute atomic E-state index is 0.0692. The van der Waals surface area contributed by atoms with Crippen molar-refractivity contribution in [2.24, 2.45) is 5.92 Å². The summed E-state index contributed by atoms with van der Waals surface area (Å²) in [6.45, 7) is 0.627. The van der Waals surface area contributed by atoms with Crippen molar-refractivity contribution >= 4 is 12.0 Å². The largest absolute Gasteiger partial charge is 0.469 e. The number of ether oxygens (including phenoxy) is 2. The number of methoxy groups -OCH3 is 1. The fourth-order valence-electron chi connectivity index (χ4n) is 2.57. The molecule has 0 saturated heterocycles. The SMILES string of the molecule is COC(=O)C1CCC(OC/C=C/c2ccccc2)CC1. The molecule has 0 bridgehead atoms. The molecule has 3 heteroatoms. The van der Waals surface area contributed by atoms with E-state index in [0.717, 1.165) is 25.7 Å². The summed E-state index contributed by atoms with van der Waals surface area (Å²) in [5, 5.41) is 0. The van der Waals surface area contributed by atoms with Crippen molar-refractivity contribution in [3.8, 4) is 0 Å². The summed E-state index contributed by atoms with van der Waals surface area (Å²) < 4.78 is 10.6. The molecule has 1 fully saturated rings. The van der Waals surface area contributed by atoms with Gasteiger partial charge in [0, 0.05) is 0 Å². The van der Waals surface area contributed by atoms with Crippen LogP contribution in [0, 0.1) is 5.92 Å². The molecule has 0 amide bonds. The van der Waals surface area contributed by atoms with Crippen LogP contribution in [0.15, 0.2) is 36.4 Å². The second-order valence-electron chi connectivity index (χ2n) is 5.14. The van der Waals surface area contributed by atoms with Crippen molar-refractivity contribution in [1.29, 1.82) is 0 Å². The van der Waals surface area contributed by atoms with E-state index in [-0.39, 0.29) is 18.0 Å². The van der Waals surface area contributed by atoms with E-state index in [9.17, 15) is 4.79 Å². The minimum atomic E-state index is -0.0765. The Kier molecular flexibility index (Phi) is 5.81. The third-order valence-corrected chi connectivity index (χ3v) is 3.75. The van der Waals surface area contributed by atoms with Crippen LogP contribution in [0.5, 0.6) is 0 Å². The molecule has 20 heavy (non-hydrogen) atoms. The second-order valence-corrected chi connectivity index (χ2v) is 5.14. The van der Waals surface area contributed by atoms with Crippen molar-refractivity contribution in [2.75, 3.05) is 13.7 Å². The molecule has 1 saturated carbocycles. The lowest BCUT2D eigenvalue weighted by atomic mass is 9.87. The highest BCUT2D eigenvalue weighted by Gasteiger charge is 2.26. The standard InChI is InChI=1S/C17H22O3/c1-19-17(18)15-9-11-16(12-10-15)20-13-5-8-14-6-3-2-4-7-14/h2-8,15-16H,9-13H2,1H3/b8-5+. The Balaban J connectivity index is 1.66. The molecular formula is C17H22O3. The first kappa shape index (κ1) is 14.8. The maximum absolute atomic E-state index is 11.4. The van der Waals surface area contributed by atoms with Crippen molar-refractivity contribution in [1.82, 2.24) is 0 Å². The van der Waals surface area contributed by atoms with Gasteiger partial charge in [-0.25, -0.2) is 0 Å². The number of carbonyl (C=O) groups excluding carboxylic acids is 1. The molecule has 0 radical (unpaired) electrons. The molecule has 1 aliphatic carbocycles. The van der Waals surface area contributed by atoms with E-state index in [0.29, 0.717) is 6.61 Å². The number of benzene rings is 1. The molecule has 1 aliphatic rings. The normalized spacial score (nSPS) is 22.9. The minimum Gasteiger partial charge on any atom is -0.469 e. The highest BCUT2D eigenvalue weighted by Crippen LogP contribution is 2.27. The summed E-state index contributed by atoms with van der Waals surface area (Å²) in [4.78, 5) is 11.4. The van der Waals surface area contributed by atoms with Gasteiger partial charge < -0.3 is 9.47 Å². The molecule has 1 aromatic carbocycles. The monoisotopic (exact) mass is 274 g/mol. The lowest BCUT2D eigenvalue weighted by molar-refractivity contribution is -0.147. The van der Waals surface area contributed by atoms with E-state index in [1.165, 1.54) is 12.7 Å². The Morgan fingerprint density at radius 2 is 1.90 bits per heavy atom. The van der Waals surface area contributed by atoms with E-state index in [1.807, 2.05) is 24.3 Å². The fourth-order valence-corrected chi connectivity index (χ4v) is 2.57. The number of hydrogen-bond acceptors (Lipinski definition) is 3. The van der Waals surface area contributed by atoms with E-state index >= 15 is 0 Å². The average Bonchev–Trinajstić information content (AvgIpc) is 2.52. The van der Waals surface area contributed by atoms with E-state index in [4.69, 9.17) is 9.47 Å². The molecule has 0 aliphatic heterocycles. The second kappa shape index (κ2) is 7.85. The quantitative estimate of drug-likeness (QED) is 0.771. The zero-order chi connectivity index (χ0) is 14.2. The first-order chi connectivity index (χ1) is 9.79. The molecular weight excluding hydrogens is 252 g/mol. The molecule has 2 rings (SSSR count). The number of hydrogen-bond donors (Lipinski definition) is 0. The third kappa shape index (κ3) is 4.49. The van der Waals surface area contributed by atoms with E-state index in [1.54, 1.807) is 0 Å². The Labute approximate surface area is 120 Å². The Morgan fingerprint density at radius 1 is 1.20 bits per heavy atom. The molecule has 0 unspecified atom stereocenters. The molecule has 0 heterocycles. The van der Waals surface area contributed by atoms with Crippen LogP contribution >= 0.6 is 0 Å². The van der Waals surface area contributed by atoms with Crippen molar-refractivity contribution in [3.63, 3.8) is 0 Å². The maximum Gasteiger partial charge on any atom is 0.308 e. The average molecular weight is 274 g/mol. The van der Waals surface area contributed by atoms with Crippen molar-refractivity contribution in [2.45, 2.75) is 31.8 Å². The van der Waals surface area contributed by atoms with Gasteiger partial charge in [-0.05, 0) is 31.2 Å². The molecule has 1 aromatic rings. The van der Waals surface area contributed by atoms with E-state index < -0.39 is 0 Å². The van der Waals surface area contributed by atoms with Crippen molar-refractivity contribution < 1.29 is 14.3 Å². The summed E-state index contributed by atoms with van der Waals surface area (Å²) in [6, 6.07) is 10.2. The molecule has 0 atom stereocenters. The molecule has 0 spiro atoms. The highest BCUT2D eigenvalue weighted by molar-refractivity contribution is 5.72. The Bertz CT molecular complexity index is 431. The van der Waals surface area contributed by atoms with Crippen LogP contribution in [0.3, 0.4) is 0 Å². The van der Waals surface area contributed by atoms with Gasteiger partial charge in [-0.15, -0.1) is 0 Å². The lowest BCUT2D eigenvalue weighted by Gasteiger charge is -2.26. The smallest absolute Gasteiger partial charge is 0.308 e. The molecule has 3 nitrogen and oxygen atoms in total. The summed E-state index contributed by atoms with van der Waals surface area (Å²) in [7, 11) is 1.46. The summed E-state index contributed by atoms with van der Waals surface area (Å²) in [5.74, 6) is -0.00728. The Hall–Kier alpha value is -1.61. The number of rotatable bonds is 5. The predicted molar refractivity (Wildman–Crippen MR) is 79.2 cm³/mol. The van der Waals surface area contributed by atoms with E-state index in [2.05, 4.69) is 18.2 Å². The zero-order valence-electron chi connectivity index (χ0n) is 12.0.